The summed E-state index contributed by atoms with van der Waals surface area (Å²) in [6, 6.07) is 8.38. The number of sulfonamides is 1. The number of nitrogens with one attached hydrogen (secondary N) is 1. The molecule has 168 valence electrons. The van der Waals surface area contributed by atoms with Crippen LogP contribution in [0.5, 0.6) is 0 Å². The molecule has 1 atom stereocenters. The van der Waals surface area contributed by atoms with E-state index in [4.69, 9.17) is 11.6 Å². The molecule has 0 unspecified atom stereocenters. The number of piperazine rings is 1. The van der Waals surface area contributed by atoms with Crippen LogP contribution in [0.1, 0.15) is 45.6 Å². The van der Waals surface area contributed by atoms with Crippen LogP contribution in [0.4, 0.5) is 0 Å². The molecule has 1 aliphatic heterocycles. The maximum atomic E-state index is 13.1. The maximum absolute atomic E-state index is 13.1. The highest BCUT2D eigenvalue weighted by molar-refractivity contribution is 7.89. The first-order valence-corrected chi connectivity index (χ1v) is 12.2. The molecule has 3 rings (SSSR count). The second-order valence-electron chi connectivity index (χ2n) is 8.34. The van der Waals surface area contributed by atoms with Gasteiger partial charge in [-0.2, -0.15) is 4.31 Å². The fourth-order valence-corrected chi connectivity index (χ4v) is 5.74. The van der Waals surface area contributed by atoms with Gasteiger partial charge in [-0.1, -0.05) is 23.7 Å². The van der Waals surface area contributed by atoms with Crippen LogP contribution >= 0.6 is 11.6 Å². The summed E-state index contributed by atoms with van der Waals surface area (Å²) in [5.41, 5.74) is 4.77. The van der Waals surface area contributed by atoms with Gasteiger partial charge in [-0.05, 0) is 75.2 Å². The van der Waals surface area contributed by atoms with E-state index in [-0.39, 0.29) is 27.4 Å². The van der Waals surface area contributed by atoms with Gasteiger partial charge in [0.1, 0.15) is 4.90 Å². The van der Waals surface area contributed by atoms with Crippen LogP contribution in [0.2, 0.25) is 5.02 Å². The van der Waals surface area contributed by atoms with Gasteiger partial charge < -0.3 is 10.2 Å². The van der Waals surface area contributed by atoms with Gasteiger partial charge in [0.15, 0.2) is 0 Å². The van der Waals surface area contributed by atoms with Gasteiger partial charge in [0, 0.05) is 31.7 Å². The zero-order chi connectivity index (χ0) is 22.9. The van der Waals surface area contributed by atoms with Crippen LogP contribution in [0.25, 0.3) is 0 Å². The summed E-state index contributed by atoms with van der Waals surface area (Å²) in [5.74, 6) is -0.336. The van der Waals surface area contributed by atoms with Crippen molar-refractivity contribution in [1.82, 2.24) is 14.5 Å². The maximum Gasteiger partial charge on any atom is 0.251 e. The Morgan fingerprint density at radius 2 is 1.61 bits per heavy atom. The first-order valence-electron chi connectivity index (χ1n) is 10.4. The van der Waals surface area contributed by atoms with Gasteiger partial charge in [-0.3, -0.25) is 4.79 Å². The number of hydrogen-bond acceptors (Lipinski definition) is 4. The number of nitrogens with zero attached hydrogens (tertiary/aromatic N) is 2. The Morgan fingerprint density at radius 3 is 2.26 bits per heavy atom. The zero-order valence-corrected chi connectivity index (χ0v) is 20.3. The van der Waals surface area contributed by atoms with Crippen LogP contribution in [0, 0.1) is 20.8 Å². The molecule has 1 N–H and O–H groups in total. The summed E-state index contributed by atoms with van der Waals surface area (Å²) in [5, 5.41) is 3.11. The number of aryl methyl sites for hydroxylation is 3. The first kappa shape index (κ1) is 23.7. The van der Waals surface area contributed by atoms with E-state index >= 15 is 0 Å². The summed E-state index contributed by atoms with van der Waals surface area (Å²) in [6.45, 7) is 10.2. The van der Waals surface area contributed by atoms with Crippen LogP contribution in [0.3, 0.4) is 0 Å². The van der Waals surface area contributed by atoms with Crippen LogP contribution in [-0.4, -0.2) is 56.8 Å². The average Bonchev–Trinajstić information content (AvgIpc) is 2.71. The Balaban J connectivity index is 1.84. The second kappa shape index (κ2) is 9.28. The highest BCUT2D eigenvalue weighted by Crippen LogP contribution is 2.27. The minimum atomic E-state index is -3.78. The number of amides is 1. The van der Waals surface area contributed by atoms with E-state index in [0.29, 0.717) is 26.2 Å². The largest absolute Gasteiger partial charge is 0.346 e. The smallest absolute Gasteiger partial charge is 0.251 e. The average molecular weight is 464 g/mol. The lowest BCUT2D eigenvalue weighted by Gasteiger charge is -2.31. The zero-order valence-electron chi connectivity index (χ0n) is 18.7. The summed E-state index contributed by atoms with van der Waals surface area (Å²) in [4.78, 5) is 15.0. The second-order valence-corrected chi connectivity index (χ2v) is 10.7. The van der Waals surface area contributed by atoms with Gasteiger partial charge in [0.25, 0.3) is 5.91 Å². The molecule has 0 saturated carbocycles. The van der Waals surface area contributed by atoms with Crippen molar-refractivity contribution in [1.29, 1.82) is 0 Å². The van der Waals surface area contributed by atoms with Crippen molar-refractivity contribution in [2.45, 2.75) is 38.6 Å². The molecule has 0 bridgehead atoms. The Bertz CT molecular complexity index is 1090. The van der Waals surface area contributed by atoms with Crippen molar-refractivity contribution in [3.8, 4) is 0 Å². The molecular formula is C23H30ClN3O3S. The van der Waals surface area contributed by atoms with E-state index in [1.807, 2.05) is 27.8 Å². The van der Waals surface area contributed by atoms with Crippen molar-refractivity contribution in [3.05, 3.63) is 63.2 Å². The molecule has 0 aromatic heterocycles. The summed E-state index contributed by atoms with van der Waals surface area (Å²) < 4.78 is 27.7. The highest BCUT2D eigenvalue weighted by atomic mass is 35.5. The van der Waals surface area contributed by atoms with Gasteiger partial charge in [0.2, 0.25) is 10.0 Å². The van der Waals surface area contributed by atoms with Crippen molar-refractivity contribution < 1.29 is 13.2 Å². The number of rotatable bonds is 5. The summed E-state index contributed by atoms with van der Waals surface area (Å²) in [7, 11) is -1.82. The van der Waals surface area contributed by atoms with E-state index in [0.717, 1.165) is 16.7 Å². The lowest BCUT2D eigenvalue weighted by atomic mass is 9.96. The number of hydrogen-bond donors (Lipinski definition) is 1. The number of likely N-dealkylation sites (N-methyl/N-ethyl adjacent to an activating group) is 1. The number of carbonyl (C=O) groups is 1. The molecule has 1 amide bonds. The monoisotopic (exact) mass is 463 g/mol. The Hall–Kier alpha value is -1.93. The number of halogens is 1. The van der Waals surface area contributed by atoms with Crippen molar-refractivity contribution in [2.24, 2.45) is 0 Å². The number of carbonyl (C=O) groups excluding carboxylic acids is 1. The molecule has 1 fully saturated rings. The van der Waals surface area contributed by atoms with Crippen LogP contribution in [-0.2, 0) is 10.0 Å². The van der Waals surface area contributed by atoms with E-state index in [1.54, 1.807) is 6.07 Å². The molecule has 0 spiro atoms. The Morgan fingerprint density at radius 1 is 1.00 bits per heavy atom. The van der Waals surface area contributed by atoms with Gasteiger partial charge in [-0.25, -0.2) is 8.42 Å². The third kappa shape index (κ3) is 5.12. The molecule has 2 aromatic rings. The number of benzene rings is 2. The van der Waals surface area contributed by atoms with Gasteiger partial charge in [0.05, 0.1) is 11.1 Å². The molecule has 31 heavy (non-hydrogen) atoms. The fraction of sp³-hybridized carbons (Fsp3) is 0.435. The third-order valence-corrected chi connectivity index (χ3v) is 8.35. The molecule has 8 heteroatoms. The Kier molecular flexibility index (Phi) is 7.11. The topological polar surface area (TPSA) is 69.7 Å². The highest BCUT2D eigenvalue weighted by Gasteiger charge is 2.30. The van der Waals surface area contributed by atoms with E-state index in [2.05, 4.69) is 29.3 Å². The minimum Gasteiger partial charge on any atom is -0.346 e. The van der Waals surface area contributed by atoms with Crippen LogP contribution < -0.4 is 5.32 Å². The molecule has 0 radical (unpaired) electrons. The lowest BCUT2D eigenvalue weighted by Crippen LogP contribution is -2.47. The van der Waals surface area contributed by atoms with Gasteiger partial charge in [-0.15, -0.1) is 0 Å². The standard InChI is InChI=1S/C23H30ClN3O3S/c1-15-12-17(3)20(13-16(15)2)18(4)25-23(28)19-6-7-21(24)22(14-19)31(29,30)27-10-8-26(5)9-11-27/h6-7,12-14,18H,8-11H2,1-5H3,(H,25,28)/t18-/m0/s1. The van der Waals surface area contributed by atoms with Crippen molar-refractivity contribution in [3.63, 3.8) is 0 Å². The molecule has 2 aromatic carbocycles. The fourth-order valence-electron chi connectivity index (χ4n) is 3.82. The van der Waals surface area contributed by atoms with Crippen LogP contribution in [0.15, 0.2) is 35.2 Å². The SMILES string of the molecule is Cc1cc(C)c([C@H](C)NC(=O)c2ccc(Cl)c(S(=O)(=O)N3CCN(C)CC3)c2)cc1C. The molecule has 1 saturated heterocycles. The quantitative estimate of drug-likeness (QED) is 0.734. The lowest BCUT2D eigenvalue weighted by molar-refractivity contribution is 0.0939. The molecule has 1 aliphatic rings. The minimum absolute atomic E-state index is 0.0265. The van der Waals surface area contributed by atoms with Crippen molar-refractivity contribution >= 4 is 27.5 Å². The summed E-state index contributed by atoms with van der Waals surface area (Å²) in [6.07, 6.45) is 0. The predicted molar refractivity (Wildman–Crippen MR) is 124 cm³/mol. The predicted octanol–water partition coefficient (Wildman–Crippen LogP) is 3.69. The van der Waals surface area contributed by atoms with E-state index < -0.39 is 10.0 Å². The van der Waals surface area contributed by atoms with Gasteiger partial charge >= 0.3 is 0 Å². The normalized spacial score (nSPS) is 16.8. The molecule has 6 nitrogen and oxygen atoms in total. The molecule has 1 heterocycles. The molecule has 0 aliphatic carbocycles. The van der Waals surface area contributed by atoms with Crippen molar-refractivity contribution in [2.75, 3.05) is 33.2 Å². The Labute approximate surface area is 190 Å². The van der Waals surface area contributed by atoms with E-state index in [1.165, 1.54) is 22.0 Å². The molecular weight excluding hydrogens is 434 g/mol. The third-order valence-electron chi connectivity index (χ3n) is 5.97. The first-order chi connectivity index (χ1) is 14.5. The van der Waals surface area contributed by atoms with E-state index in [9.17, 15) is 13.2 Å². The summed E-state index contributed by atoms with van der Waals surface area (Å²) >= 11 is 6.24.